The Balaban J connectivity index is 1.91. The molecule has 2 heterocycles. The van der Waals surface area contributed by atoms with Crippen molar-refractivity contribution in [3.05, 3.63) is 10.6 Å². The van der Waals surface area contributed by atoms with Crippen molar-refractivity contribution in [1.82, 2.24) is 15.6 Å². The van der Waals surface area contributed by atoms with Crippen LogP contribution < -0.4 is 15.5 Å². The molecule has 2 aliphatic rings. The number of aromatic nitrogens is 1. The van der Waals surface area contributed by atoms with Gasteiger partial charge in [0.2, 0.25) is 11.8 Å². The summed E-state index contributed by atoms with van der Waals surface area (Å²) in [4.78, 5) is 30.7. The highest BCUT2D eigenvalue weighted by atomic mass is 32.1. The molecule has 7 heteroatoms. The molecule has 21 heavy (non-hydrogen) atoms. The van der Waals surface area contributed by atoms with Crippen molar-refractivity contribution in [2.24, 2.45) is 5.41 Å². The Morgan fingerprint density at radius 1 is 1.33 bits per heavy atom. The normalized spacial score (nSPS) is 24.7. The average Bonchev–Trinajstić information content (AvgIpc) is 2.78. The average molecular weight is 308 g/mol. The Bertz CT molecular complexity index is 580. The van der Waals surface area contributed by atoms with Crippen LogP contribution in [0.5, 0.6) is 0 Å². The Labute approximate surface area is 127 Å². The zero-order valence-electron chi connectivity index (χ0n) is 12.5. The predicted octanol–water partition coefficient (Wildman–Crippen LogP) is 0.839. The van der Waals surface area contributed by atoms with Crippen molar-refractivity contribution in [3.63, 3.8) is 0 Å². The van der Waals surface area contributed by atoms with Crippen LogP contribution in [0.2, 0.25) is 0 Å². The predicted molar refractivity (Wildman–Crippen MR) is 81.4 cm³/mol. The summed E-state index contributed by atoms with van der Waals surface area (Å²) >= 11 is 1.60. The highest BCUT2D eigenvalue weighted by Gasteiger charge is 2.35. The fourth-order valence-corrected chi connectivity index (χ4v) is 4.25. The number of imide groups is 1. The van der Waals surface area contributed by atoms with Crippen LogP contribution in [0.25, 0.3) is 0 Å². The van der Waals surface area contributed by atoms with Crippen LogP contribution >= 0.6 is 11.3 Å². The first-order chi connectivity index (χ1) is 9.88. The van der Waals surface area contributed by atoms with Gasteiger partial charge in [-0.15, -0.1) is 0 Å². The van der Waals surface area contributed by atoms with Gasteiger partial charge in [0.05, 0.1) is 5.69 Å². The molecule has 1 aliphatic carbocycles. The third-order valence-electron chi connectivity index (χ3n) is 4.00. The van der Waals surface area contributed by atoms with Gasteiger partial charge in [-0.2, -0.15) is 0 Å². The minimum Gasteiger partial charge on any atom is -0.329 e. The number of hydrogen-bond donors (Lipinski definition) is 2. The maximum atomic E-state index is 11.5. The number of thiazole rings is 1. The van der Waals surface area contributed by atoms with Gasteiger partial charge >= 0.3 is 0 Å². The molecule has 2 amide bonds. The van der Waals surface area contributed by atoms with Crippen molar-refractivity contribution in [2.75, 3.05) is 25.0 Å². The van der Waals surface area contributed by atoms with E-state index in [1.807, 2.05) is 7.05 Å². The summed E-state index contributed by atoms with van der Waals surface area (Å²) in [5.41, 5.74) is 1.31. The van der Waals surface area contributed by atoms with Gasteiger partial charge in [0.25, 0.3) is 0 Å². The molecule has 0 aromatic carbocycles. The molecule has 1 aromatic rings. The second-order valence-electron chi connectivity index (χ2n) is 6.52. The molecule has 6 nitrogen and oxygen atoms in total. The first-order valence-electron chi connectivity index (χ1n) is 7.12. The lowest BCUT2D eigenvalue weighted by Crippen LogP contribution is -2.51. The number of piperazine rings is 1. The van der Waals surface area contributed by atoms with Crippen LogP contribution in [0.15, 0.2) is 0 Å². The molecule has 1 fully saturated rings. The van der Waals surface area contributed by atoms with Crippen LogP contribution in [0.1, 0.15) is 36.9 Å². The molecule has 1 aromatic heterocycles. The van der Waals surface area contributed by atoms with E-state index in [1.54, 1.807) is 16.2 Å². The number of amides is 2. The zero-order valence-corrected chi connectivity index (χ0v) is 13.3. The van der Waals surface area contributed by atoms with Crippen molar-refractivity contribution in [1.29, 1.82) is 0 Å². The minimum atomic E-state index is -0.259. The quantitative estimate of drug-likeness (QED) is 0.792. The lowest BCUT2D eigenvalue weighted by molar-refractivity contribution is -0.130. The summed E-state index contributed by atoms with van der Waals surface area (Å²) in [5.74, 6) is -0.519. The van der Waals surface area contributed by atoms with Crippen molar-refractivity contribution < 1.29 is 9.59 Å². The lowest BCUT2D eigenvalue weighted by Gasteiger charge is -2.34. The Hall–Kier alpha value is -1.47. The maximum absolute atomic E-state index is 11.5. The number of fused-ring (bicyclic) bond motifs is 1. The van der Waals surface area contributed by atoms with Gasteiger partial charge < -0.3 is 10.2 Å². The summed E-state index contributed by atoms with van der Waals surface area (Å²) in [7, 11) is 1.97. The molecule has 1 saturated heterocycles. The highest BCUT2D eigenvalue weighted by Crippen LogP contribution is 2.44. The molecule has 3 rings (SSSR count). The molecule has 0 bridgehead atoms. The summed E-state index contributed by atoms with van der Waals surface area (Å²) in [5, 5.41) is 6.45. The van der Waals surface area contributed by atoms with Crippen LogP contribution in [0.3, 0.4) is 0 Å². The Morgan fingerprint density at radius 2 is 2.00 bits per heavy atom. The Morgan fingerprint density at radius 3 is 2.62 bits per heavy atom. The van der Waals surface area contributed by atoms with Gasteiger partial charge in [-0.25, -0.2) is 4.98 Å². The fraction of sp³-hybridized carbons (Fsp3) is 0.643. The van der Waals surface area contributed by atoms with Gasteiger partial charge in [0, 0.05) is 10.9 Å². The SMILES string of the molecule is CNC1CC(C)(C)Cc2nc(N3CC(=O)NC(=O)C3)sc21. The summed E-state index contributed by atoms with van der Waals surface area (Å²) in [6.07, 6.45) is 2.00. The van der Waals surface area contributed by atoms with E-state index in [9.17, 15) is 9.59 Å². The first kappa shape index (κ1) is 14.5. The minimum absolute atomic E-state index is 0.200. The molecule has 1 unspecified atom stereocenters. The van der Waals surface area contributed by atoms with E-state index >= 15 is 0 Å². The number of nitrogens with zero attached hydrogens (tertiary/aromatic N) is 2. The first-order valence-corrected chi connectivity index (χ1v) is 7.94. The molecule has 1 aliphatic heterocycles. The molecule has 114 valence electrons. The maximum Gasteiger partial charge on any atom is 0.246 e. The summed E-state index contributed by atoms with van der Waals surface area (Å²) in [6, 6.07) is 0.296. The number of carbonyl (C=O) groups is 2. The molecule has 0 radical (unpaired) electrons. The van der Waals surface area contributed by atoms with Gasteiger partial charge in [-0.1, -0.05) is 25.2 Å². The van der Waals surface area contributed by atoms with E-state index in [0.717, 1.165) is 23.7 Å². The Kier molecular flexibility index (Phi) is 3.49. The monoisotopic (exact) mass is 308 g/mol. The van der Waals surface area contributed by atoms with Gasteiger partial charge in [0.1, 0.15) is 13.1 Å². The van der Waals surface area contributed by atoms with Gasteiger partial charge in [0.15, 0.2) is 5.13 Å². The molecular formula is C14H20N4O2S. The number of hydrogen-bond acceptors (Lipinski definition) is 6. The van der Waals surface area contributed by atoms with Crippen LogP contribution in [-0.4, -0.2) is 36.9 Å². The lowest BCUT2D eigenvalue weighted by atomic mass is 9.76. The van der Waals surface area contributed by atoms with Gasteiger partial charge in [-0.05, 0) is 25.3 Å². The van der Waals surface area contributed by atoms with E-state index in [0.29, 0.717) is 6.04 Å². The largest absolute Gasteiger partial charge is 0.329 e. The van der Waals surface area contributed by atoms with Crippen LogP contribution in [0.4, 0.5) is 5.13 Å². The third kappa shape index (κ3) is 2.80. The third-order valence-corrected chi connectivity index (χ3v) is 5.27. The molecular weight excluding hydrogens is 288 g/mol. The number of anilines is 1. The van der Waals surface area contributed by atoms with Crippen molar-refractivity contribution >= 4 is 28.3 Å². The molecule has 0 spiro atoms. The fourth-order valence-electron chi connectivity index (χ4n) is 3.06. The van der Waals surface area contributed by atoms with E-state index < -0.39 is 0 Å². The topological polar surface area (TPSA) is 74.3 Å². The second-order valence-corrected chi connectivity index (χ2v) is 7.53. The van der Waals surface area contributed by atoms with Crippen molar-refractivity contribution in [2.45, 2.75) is 32.7 Å². The van der Waals surface area contributed by atoms with E-state index in [4.69, 9.17) is 4.98 Å². The van der Waals surface area contributed by atoms with Crippen LogP contribution in [0, 0.1) is 5.41 Å². The molecule has 1 atom stereocenters. The molecule has 0 saturated carbocycles. The number of rotatable bonds is 2. The smallest absolute Gasteiger partial charge is 0.246 e. The number of nitrogens with one attached hydrogen (secondary N) is 2. The molecule has 2 N–H and O–H groups in total. The van der Waals surface area contributed by atoms with E-state index in [-0.39, 0.29) is 30.3 Å². The van der Waals surface area contributed by atoms with E-state index in [1.165, 1.54) is 4.88 Å². The highest BCUT2D eigenvalue weighted by molar-refractivity contribution is 7.15. The van der Waals surface area contributed by atoms with Gasteiger partial charge in [-0.3, -0.25) is 14.9 Å². The number of carbonyl (C=O) groups excluding carboxylic acids is 2. The summed E-state index contributed by atoms with van der Waals surface area (Å²) in [6.45, 7) is 4.89. The standard InChI is InChI=1S/C14H20N4O2S/c1-14(2)4-8(15-3)12-9(5-14)16-13(21-12)18-6-10(19)17-11(20)7-18/h8,15H,4-7H2,1-3H3,(H,17,19,20). The zero-order chi connectivity index (χ0) is 15.2. The van der Waals surface area contributed by atoms with Crippen molar-refractivity contribution in [3.8, 4) is 0 Å². The second kappa shape index (κ2) is 5.06. The summed E-state index contributed by atoms with van der Waals surface area (Å²) < 4.78 is 0. The van der Waals surface area contributed by atoms with Crippen LogP contribution in [-0.2, 0) is 16.0 Å². The van der Waals surface area contributed by atoms with E-state index in [2.05, 4.69) is 24.5 Å².